The smallest absolute Gasteiger partial charge is 0.338 e. The molecule has 7 heteroatoms. The molecule has 5 rings (SSSR count). The fraction of sp³-hybridized carbons (Fsp3) is 0.560. The van der Waals surface area contributed by atoms with Gasteiger partial charge in [-0.1, -0.05) is 6.07 Å². The Morgan fingerprint density at radius 2 is 1.75 bits per heavy atom. The summed E-state index contributed by atoms with van der Waals surface area (Å²) in [6.45, 7) is 9.02. The van der Waals surface area contributed by atoms with Gasteiger partial charge in [0.25, 0.3) is 0 Å². The number of nitrogens with zero attached hydrogens (tertiary/aromatic N) is 4. The SMILES string of the molecule is Cc1ccc(N2CCC3(CCN(C[C@H](O)c4ccc5c(c4C)COC5=O)CC3)CC2)nn1. The molecule has 2 saturated heterocycles. The van der Waals surface area contributed by atoms with E-state index in [0.29, 0.717) is 24.1 Å². The van der Waals surface area contributed by atoms with E-state index in [1.54, 1.807) is 6.07 Å². The first-order valence-electron chi connectivity index (χ1n) is 11.7. The van der Waals surface area contributed by atoms with Gasteiger partial charge in [0.1, 0.15) is 6.61 Å². The number of ether oxygens (including phenoxy) is 1. The molecule has 2 fully saturated rings. The third-order valence-electron chi connectivity index (χ3n) is 7.85. The van der Waals surface area contributed by atoms with Crippen LogP contribution < -0.4 is 4.90 Å². The zero-order chi connectivity index (χ0) is 22.3. The van der Waals surface area contributed by atoms with Crippen LogP contribution in [-0.4, -0.2) is 58.9 Å². The number of likely N-dealkylation sites (tertiary alicyclic amines) is 1. The standard InChI is InChI=1S/C25H32N4O3/c1-17-3-6-23(27-26-17)29-13-9-25(10-14-29)7-11-28(12-8-25)15-22(30)19-4-5-20-21(18(19)2)16-32-24(20)31/h3-6,22,30H,7-16H2,1-2H3/t22-/m0/s1. The van der Waals surface area contributed by atoms with E-state index in [2.05, 4.69) is 26.1 Å². The Morgan fingerprint density at radius 1 is 1.03 bits per heavy atom. The normalized spacial score (nSPS) is 21.5. The number of piperidine rings is 2. The predicted molar refractivity (Wildman–Crippen MR) is 122 cm³/mol. The molecule has 0 aliphatic carbocycles. The van der Waals surface area contributed by atoms with Crippen LogP contribution in [0.1, 0.15) is 64.5 Å². The lowest BCUT2D eigenvalue weighted by Crippen LogP contribution is -2.47. The molecule has 0 saturated carbocycles. The molecule has 0 unspecified atom stereocenters. The Balaban J connectivity index is 1.15. The number of benzene rings is 1. The van der Waals surface area contributed by atoms with E-state index in [9.17, 15) is 9.90 Å². The van der Waals surface area contributed by atoms with Crippen molar-refractivity contribution < 1.29 is 14.6 Å². The van der Waals surface area contributed by atoms with Gasteiger partial charge in [0, 0.05) is 25.2 Å². The zero-order valence-electron chi connectivity index (χ0n) is 19.0. The summed E-state index contributed by atoms with van der Waals surface area (Å²) >= 11 is 0. The lowest BCUT2D eigenvalue weighted by Gasteiger charge is -2.47. The predicted octanol–water partition coefficient (Wildman–Crippen LogP) is 3.18. The number of rotatable bonds is 4. The Morgan fingerprint density at radius 3 is 2.44 bits per heavy atom. The first kappa shape index (κ1) is 21.3. The maximum atomic E-state index is 11.8. The summed E-state index contributed by atoms with van der Waals surface area (Å²) in [4.78, 5) is 16.5. The van der Waals surface area contributed by atoms with E-state index in [0.717, 1.165) is 54.4 Å². The van der Waals surface area contributed by atoms with Gasteiger partial charge in [-0.2, -0.15) is 5.10 Å². The van der Waals surface area contributed by atoms with E-state index in [1.807, 2.05) is 26.0 Å². The molecule has 170 valence electrons. The number of anilines is 1. The highest BCUT2D eigenvalue weighted by Gasteiger charge is 2.38. The van der Waals surface area contributed by atoms with Gasteiger partial charge in [-0.3, -0.25) is 0 Å². The number of β-amino-alcohol motifs (C(OH)–C–C–N with tert-alkyl or cyclic N) is 1. The molecule has 4 heterocycles. The van der Waals surface area contributed by atoms with Crippen LogP contribution in [0, 0.1) is 19.3 Å². The van der Waals surface area contributed by atoms with Crippen LogP contribution in [0.2, 0.25) is 0 Å². The summed E-state index contributed by atoms with van der Waals surface area (Å²) in [7, 11) is 0. The van der Waals surface area contributed by atoms with Crippen molar-refractivity contribution in [3.05, 3.63) is 52.2 Å². The van der Waals surface area contributed by atoms with E-state index in [4.69, 9.17) is 4.74 Å². The third-order valence-corrected chi connectivity index (χ3v) is 7.85. The first-order chi connectivity index (χ1) is 15.4. The van der Waals surface area contributed by atoms with Crippen molar-refractivity contribution in [2.45, 2.75) is 52.2 Å². The molecule has 0 radical (unpaired) electrons. The molecule has 1 aromatic heterocycles. The van der Waals surface area contributed by atoms with Crippen molar-refractivity contribution in [1.29, 1.82) is 0 Å². The third kappa shape index (κ3) is 3.99. The number of hydrogen-bond acceptors (Lipinski definition) is 7. The lowest BCUT2D eigenvalue weighted by molar-refractivity contribution is 0.0447. The van der Waals surface area contributed by atoms with E-state index in [1.165, 1.54) is 25.7 Å². The molecule has 1 atom stereocenters. The monoisotopic (exact) mass is 436 g/mol. The summed E-state index contributed by atoms with van der Waals surface area (Å²) in [6.07, 6.45) is 4.19. The topological polar surface area (TPSA) is 78.8 Å². The summed E-state index contributed by atoms with van der Waals surface area (Å²) in [6, 6.07) is 7.80. The fourth-order valence-electron chi connectivity index (χ4n) is 5.55. The van der Waals surface area contributed by atoms with Crippen molar-refractivity contribution in [1.82, 2.24) is 15.1 Å². The van der Waals surface area contributed by atoms with Gasteiger partial charge >= 0.3 is 5.97 Å². The van der Waals surface area contributed by atoms with Gasteiger partial charge in [-0.15, -0.1) is 5.10 Å². The first-order valence-corrected chi connectivity index (χ1v) is 11.7. The van der Waals surface area contributed by atoms with Gasteiger partial charge in [-0.05, 0) is 87.4 Å². The van der Waals surface area contributed by atoms with Crippen LogP contribution in [0.15, 0.2) is 24.3 Å². The summed E-state index contributed by atoms with van der Waals surface area (Å²) in [5, 5.41) is 19.5. The van der Waals surface area contributed by atoms with Crippen LogP contribution >= 0.6 is 0 Å². The molecule has 3 aliphatic rings. The second kappa shape index (κ2) is 8.45. The Bertz CT molecular complexity index is 989. The number of carbonyl (C=O) groups is 1. The number of aliphatic hydroxyl groups is 1. The van der Waals surface area contributed by atoms with Gasteiger partial charge < -0.3 is 19.6 Å². The zero-order valence-corrected chi connectivity index (χ0v) is 19.0. The van der Waals surface area contributed by atoms with Crippen LogP contribution in [0.3, 0.4) is 0 Å². The highest BCUT2D eigenvalue weighted by molar-refractivity contribution is 5.93. The largest absolute Gasteiger partial charge is 0.457 e. The molecule has 0 amide bonds. The number of hydrogen-bond donors (Lipinski definition) is 1. The highest BCUT2D eigenvalue weighted by Crippen LogP contribution is 2.42. The van der Waals surface area contributed by atoms with Crippen LogP contribution in [0.5, 0.6) is 0 Å². The Hall–Kier alpha value is -2.51. The Labute approximate surface area is 189 Å². The minimum Gasteiger partial charge on any atom is -0.457 e. The molecule has 1 aromatic carbocycles. The Kier molecular flexibility index (Phi) is 5.63. The number of carbonyl (C=O) groups excluding carboxylic acids is 1. The van der Waals surface area contributed by atoms with Crippen molar-refractivity contribution in [3.8, 4) is 0 Å². The molecule has 0 bridgehead atoms. The van der Waals surface area contributed by atoms with E-state index >= 15 is 0 Å². The average Bonchev–Trinajstić information content (AvgIpc) is 3.18. The molecule has 1 N–H and O–H groups in total. The number of aromatic nitrogens is 2. The second-order valence-corrected chi connectivity index (χ2v) is 9.72. The maximum Gasteiger partial charge on any atom is 0.338 e. The average molecular weight is 437 g/mol. The van der Waals surface area contributed by atoms with Crippen LogP contribution in [0.25, 0.3) is 0 Å². The summed E-state index contributed by atoms with van der Waals surface area (Å²) < 4.78 is 5.15. The number of cyclic esters (lactones) is 1. The number of esters is 1. The maximum absolute atomic E-state index is 11.8. The second-order valence-electron chi connectivity index (χ2n) is 9.72. The van der Waals surface area contributed by atoms with Crippen LogP contribution in [-0.2, 0) is 11.3 Å². The van der Waals surface area contributed by atoms with Gasteiger partial charge in [-0.25, -0.2) is 4.79 Å². The lowest BCUT2D eigenvalue weighted by atomic mass is 9.71. The molecular weight excluding hydrogens is 404 g/mol. The van der Waals surface area contributed by atoms with Crippen LogP contribution in [0.4, 0.5) is 5.82 Å². The molecule has 32 heavy (non-hydrogen) atoms. The van der Waals surface area contributed by atoms with Crippen molar-refractivity contribution >= 4 is 11.8 Å². The number of aliphatic hydroxyl groups excluding tert-OH is 1. The molecule has 3 aliphatic heterocycles. The summed E-state index contributed by atoms with van der Waals surface area (Å²) in [5.74, 6) is 0.730. The molecule has 7 nitrogen and oxygen atoms in total. The number of aryl methyl sites for hydroxylation is 1. The summed E-state index contributed by atoms with van der Waals surface area (Å²) in [5.41, 5.74) is 4.83. The molecular formula is C25H32N4O3. The van der Waals surface area contributed by atoms with Crippen molar-refractivity contribution in [2.24, 2.45) is 5.41 Å². The molecule has 1 spiro atoms. The van der Waals surface area contributed by atoms with Crippen molar-refractivity contribution in [2.75, 3.05) is 37.6 Å². The molecule has 2 aromatic rings. The van der Waals surface area contributed by atoms with E-state index < -0.39 is 6.10 Å². The quantitative estimate of drug-likeness (QED) is 0.738. The minimum absolute atomic E-state index is 0.258. The van der Waals surface area contributed by atoms with Gasteiger partial charge in [0.15, 0.2) is 5.82 Å². The van der Waals surface area contributed by atoms with Gasteiger partial charge in [0.05, 0.1) is 17.4 Å². The minimum atomic E-state index is -0.549. The highest BCUT2D eigenvalue weighted by atomic mass is 16.5. The number of fused-ring (bicyclic) bond motifs is 1. The van der Waals surface area contributed by atoms with E-state index in [-0.39, 0.29) is 5.97 Å². The van der Waals surface area contributed by atoms with Crippen molar-refractivity contribution in [3.63, 3.8) is 0 Å². The van der Waals surface area contributed by atoms with Gasteiger partial charge in [0.2, 0.25) is 0 Å². The fourth-order valence-corrected chi connectivity index (χ4v) is 5.55.